The number of hydrogen-bond donors (Lipinski definition) is 1. The lowest BCUT2D eigenvalue weighted by Gasteiger charge is -2.44. The van der Waals surface area contributed by atoms with Crippen molar-refractivity contribution in [2.24, 2.45) is 5.92 Å². The van der Waals surface area contributed by atoms with Crippen LogP contribution in [0.5, 0.6) is 0 Å². The third-order valence-electron chi connectivity index (χ3n) is 2.35. The van der Waals surface area contributed by atoms with E-state index in [2.05, 4.69) is 13.8 Å². The van der Waals surface area contributed by atoms with Gasteiger partial charge in [0.25, 0.3) is 0 Å². The number of aliphatic hydroxyl groups is 1. The maximum Gasteiger partial charge on any atom is 0.222 e. The fourth-order valence-electron chi connectivity index (χ4n) is 1.52. The zero-order valence-electron chi connectivity index (χ0n) is 8.71. The molecule has 1 rings (SSSR count). The number of β-amino-alcohol motifs (C(OH)–C–C–N with tert-alkyl or cyclic N) is 1. The van der Waals surface area contributed by atoms with E-state index in [1.807, 2.05) is 0 Å². The second kappa shape index (κ2) is 3.66. The van der Waals surface area contributed by atoms with Crippen molar-refractivity contribution < 1.29 is 9.90 Å². The van der Waals surface area contributed by atoms with Crippen LogP contribution in [0.4, 0.5) is 0 Å². The van der Waals surface area contributed by atoms with Crippen molar-refractivity contribution in [1.82, 2.24) is 4.90 Å². The van der Waals surface area contributed by atoms with Crippen molar-refractivity contribution in [1.29, 1.82) is 0 Å². The topological polar surface area (TPSA) is 40.5 Å². The van der Waals surface area contributed by atoms with Crippen molar-refractivity contribution in [2.45, 2.75) is 39.2 Å². The maximum atomic E-state index is 11.4. The molecule has 1 aliphatic heterocycles. The third-order valence-corrected chi connectivity index (χ3v) is 2.35. The first-order valence-corrected chi connectivity index (χ1v) is 4.91. The van der Waals surface area contributed by atoms with Crippen molar-refractivity contribution in [3.63, 3.8) is 0 Å². The van der Waals surface area contributed by atoms with Crippen molar-refractivity contribution in [3.05, 3.63) is 0 Å². The van der Waals surface area contributed by atoms with E-state index >= 15 is 0 Å². The lowest BCUT2D eigenvalue weighted by atomic mass is 9.96. The molecule has 1 N–H and O–H groups in total. The Balaban J connectivity index is 2.20. The molecule has 1 fully saturated rings. The zero-order valence-corrected chi connectivity index (χ0v) is 8.71. The molecule has 0 atom stereocenters. The average Bonchev–Trinajstić information content (AvgIpc) is 1.95. The Morgan fingerprint density at radius 1 is 1.54 bits per heavy atom. The van der Waals surface area contributed by atoms with Crippen LogP contribution in [0.3, 0.4) is 0 Å². The highest BCUT2D eigenvalue weighted by molar-refractivity contribution is 5.77. The van der Waals surface area contributed by atoms with E-state index in [0.717, 1.165) is 6.42 Å². The van der Waals surface area contributed by atoms with Crippen LogP contribution in [-0.4, -0.2) is 34.6 Å². The molecule has 1 amide bonds. The Labute approximate surface area is 79.7 Å². The van der Waals surface area contributed by atoms with E-state index < -0.39 is 5.60 Å². The van der Waals surface area contributed by atoms with E-state index in [-0.39, 0.29) is 5.91 Å². The minimum absolute atomic E-state index is 0.181. The normalized spacial score (nSPS) is 20.2. The number of amides is 1. The van der Waals surface area contributed by atoms with Gasteiger partial charge in [0.1, 0.15) is 0 Å². The second-order valence-electron chi connectivity index (χ2n) is 4.68. The summed E-state index contributed by atoms with van der Waals surface area (Å²) in [5, 5.41) is 9.42. The Morgan fingerprint density at radius 3 is 2.46 bits per heavy atom. The van der Waals surface area contributed by atoms with E-state index in [1.165, 1.54) is 0 Å². The van der Waals surface area contributed by atoms with Gasteiger partial charge in [-0.3, -0.25) is 4.79 Å². The van der Waals surface area contributed by atoms with Gasteiger partial charge in [-0.1, -0.05) is 13.8 Å². The molecule has 0 aromatic heterocycles. The van der Waals surface area contributed by atoms with Crippen LogP contribution in [0.15, 0.2) is 0 Å². The number of likely N-dealkylation sites (tertiary alicyclic amines) is 1. The Bertz CT molecular complexity index is 191. The fourth-order valence-corrected chi connectivity index (χ4v) is 1.52. The number of rotatable bonds is 3. The summed E-state index contributed by atoms with van der Waals surface area (Å²) in [6, 6.07) is 0. The molecule has 0 aromatic rings. The predicted molar refractivity (Wildman–Crippen MR) is 51.3 cm³/mol. The van der Waals surface area contributed by atoms with Gasteiger partial charge < -0.3 is 10.0 Å². The molecule has 0 unspecified atom stereocenters. The van der Waals surface area contributed by atoms with E-state index in [0.29, 0.717) is 25.4 Å². The lowest BCUT2D eigenvalue weighted by Crippen LogP contribution is -2.61. The monoisotopic (exact) mass is 185 g/mol. The summed E-state index contributed by atoms with van der Waals surface area (Å²) in [6.45, 7) is 6.99. The molecule has 0 spiro atoms. The van der Waals surface area contributed by atoms with Crippen LogP contribution in [0.2, 0.25) is 0 Å². The third kappa shape index (κ3) is 2.99. The van der Waals surface area contributed by atoms with Gasteiger partial charge in [0, 0.05) is 6.42 Å². The number of carbonyl (C=O) groups is 1. The summed E-state index contributed by atoms with van der Waals surface area (Å²) in [7, 11) is 0. The molecular formula is C10H19NO2. The van der Waals surface area contributed by atoms with Crippen LogP contribution in [0, 0.1) is 5.92 Å². The number of nitrogens with zero attached hydrogens (tertiary/aromatic N) is 1. The second-order valence-corrected chi connectivity index (χ2v) is 4.68. The smallest absolute Gasteiger partial charge is 0.222 e. The molecule has 13 heavy (non-hydrogen) atoms. The molecule has 1 heterocycles. The summed E-state index contributed by atoms with van der Waals surface area (Å²) < 4.78 is 0. The minimum Gasteiger partial charge on any atom is -0.386 e. The maximum absolute atomic E-state index is 11.4. The molecule has 3 nitrogen and oxygen atoms in total. The van der Waals surface area contributed by atoms with E-state index in [1.54, 1.807) is 11.8 Å². The van der Waals surface area contributed by atoms with Gasteiger partial charge in [0.05, 0.1) is 18.7 Å². The lowest BCUT2D eigenvalue weighted by molar-refractivity contribution is -0.152. The standard InChI is InChI=1S/C10H19NO2/c1-8(2)4-5-9(12)11-6-10(3,13)7-11/h8,13H,4-7H2,1-3H3. The molecule has 1 aliphatic rings. The first-order chi connectivity index (χ1) is 5.91. The Morgan fingerprint density at radius 2 is 2.08 bits per heavy atom. The molecule has 0 aromatic carbocycles. The molecule has 3 heteroatoms. The van der Waals surface area contributed by atoms with Crippen molar-refractivity contribution in [2.75, 3.05) is 13.1 Å². The summed E-state index contributed by atoms with van der Waals surface area (Å²) in [6.07, 6.45) is 1.56. The van der Waals surface area contributed by atoms with Gasteiger partial charge in [-0.2, -0.15) is 0 Å². The zero-order chi connectivity index (χ0) is 10.1. The van der Waals surface area contributed by atoms with Gasteiger partial charge >= 0.3 is 0 Å². The summed E-state index contributed by atoms with van der Waals surface area (Å²) in [4.78, 5) is 13.2. The first-order valence-electron chi connectivity index (χ1n) is 4.91. The summed E-state index contributed by atoms with van der Waals surface area (Å²) >= 11 is 0. The first kappa shape index (κ1) is 10.5. The van der Waals surface area contributed by atoms with Crippen molar-refractivity contribution >= 4 is 5.91 Å². The van der Waals surface area contributed by atoms with Crippen molar-refractivity contribution in [3.8, 4) is 0 Å². The van der Waals surface area contributed by atoms with Gasteiger partial charge in [0.15, 0.2) is 0 Å². The number of hydrogen-bond acceptors (Lipinski definition) is 2. The van der Waals surface area contributed by atoms with Gasteiger partial charge in [-0.05, 0) is 19.3 Å². The molecule has 0 bridgehead atoms. The summed E-state index contributed by atoms with van der Waals surface area (Å²) in [5.41, 5.74) is -0.631. The Kier molecular flexibility index (Phi) is 2.96. The predicted octanol–water partition coefficient (Wildman–Crippen LogP) is 1.02. The largest absolute Gasteiger partial charge is 0.386 e. The van der Waals surface area contributed by atoms with Crippen LogP contribution in [0.1, 0.15) is 33.6 Å². The SMILES string of the molecule is CC(C)CCC(=O)N1CC(C)(O)C1. The highest BCUT2D eigenvalue weighted by Crippen LogP contribution is 2.21. The van der Waals surface area contributed by atoms with Crippen LogP contribution < -0.4 is 0 Å². The fraction of sp³-hybridized carbons (Fsp3) is 0.900. The molecule has 0 saturated carbocycles. The number of carbonyl (C=O) groups excluding carboxylic acids is 1. The van der Waals surface area contributed by atoms with E-state index in [4.69, 9.17) is 0 Å². The molecule has 0 radical (unpaired) electrons. The molecule has 1 saturated heterocycles. The van der Waals surface area contributed by atoms with Crippen LogP contribution >= 0.6 is 0 Å². The molecular weight excluding hydrogens is 166 g/mol. The quantitative estimate of drug-likeness (QED) is 0.713. The highest BCUT2D eigenvalue weighted by atomic mass is 16.3. The van der Waals surface area contributed by atoms with Gasteiger partial charge in [-0.25, -0.2) is 0 Å². The minimum atomic E-state index is -0.631. The van der Waals surface area contributed by atoms with Gasteiger partial charge in [-0.15, -0.1) is 0 Å². The highest BCUT2D eigenvalue weighted by Gasteiger charge is 2.38. The average molecular weight is 185 g/mol. The van der Waals surface area contributed by atoms with Gasteiger partial charge in [0.2, 0.25) is 5.91 Å². The van der Waals surface area contributed by atoms with Crippen LogP contribution in [-0.2, 0) is 4.79 Å². The molecule has 0 aliphatic carbocycles. The van der Waals surface area contributed by atoms with E-state index in [9.17, 15) is 9.90 Å². The van der Waals surface area contributed by atoms with Crippen LogP contribution in [0.25, 0.3) is 0 Å². The molecule has 76 valence electrons. The Hall–Kier alpha value is -0.570. The summed E-state index contributed by atoms with van der Waals surface area (Å²) in [5.74, 6) is 0.756.